The van der Waals surface area contributed by atoms with Crippen LogP contribution in [0.1, 0.15) is 36.9 Å². The van der Waals surface area contributed by atoms with Crippen molar-refractivity contribution in [2.75, 3.05) is 29.7 Å². The molecule has 176 valence electrons. The molecule has 3 N–H and O–H groups in total. The van der Waals surface area contributed by atoms with Crippen LogP contribution >= 0.6 is 11.3 Å². The van der Waals surface area contributed by atoms with Gasteiger partial charge in [-0.05, 0) is 30.5 Å². The maximum Gasteiger partial charge on any atom is 0.326 e. The fourth-order valence-electron chi connectivity index (χ4n) is 2.95. The first-order valence-corrected chi connectivity index (χ1v) is 11.3. The molecule has 0 atom stereocenters. The Morgan fingerprint density at radius 1 is 1.12 bits per heavy atom. The molecular weight excluding hydrogens is 442 g/mol. The Morgan fingerprint density at radius 2 is 1.91 bits per heavy atom. The maximum atomic E-state index is 12.4. The number of thiazole rings is 1. The van der Waals surface area contributed by atoms with Crippen LogP contribution in [0.5, 0.6) is 0 Å². The lowest BCUT2D eigenvalue weighted by Crippen LogP contribution is -2.20. The smallest absolute Gasteiger partial charge is 0.326 e. The first kappa shape index (κ1) is 24.3. The Bertz CT molecular complexity index is 1120. The van der Waals surface area contributed by atoms with Gasteiger partial charge < -0.3 is 10.1 Å². The fraction of sp³-hybridized carbons (Fsp3) is 0.409. The van der Waals surface area contributed by atoms with Gasteiger partial charge in [0.1, 0.15) is 18.2 Å². The molecule has 0 unspecified atom stereocenters. The predicted molar refractivity (Wildman–Crippen MR) is 129 cm³/mol. The molecule has 3 aromatic rings. The number of hydrogen-bond donors (Lipinski definition) is 3. The van der Waals surface area contributed by atoms with Crippen molar-refractivity contribution in [1.29, 1.82) is 0 Å². The van der Waals surface area contributed by atoms with E-state index >= 15 is 0 Å². The molecule has 10 nitrogen and oxygen atoms in total. The van der Waals surface area contributed by atoms with Crippen LogP contribution < -0.4 is 16.0 Å². The van der Waals surface area contributed by atoms with Crippen LogP contribution in [0.25, 0.3) is 0 Å². The summed E-state index contributed by atoms with van der Waals surface area (Å²) in [6, 6.07) is 5.23. The van der Waals surface area contributed by atoms with Gasteiger partial charge in [-0.3, -0.25) is 20.1 Å². The molecule has 0 radical (unpaired) electrons. The second-order valence-corrected chi connectivity index (χ2v) is 9.64. The molecule has 3 heterocycles. The van der Waals surface area contributed by atoms with E-state index in [4.69, 9.17) is 4.74 Å². The van der Waals surface area contributed by atoms with Crippen LogP contribution in [-0.4, -0.2) is 45.4 Å². The number of nitrogens with one attached hydrogen (secondary N) is 3. The average molecular weight is 472 g/mol. The summed E-state index contributed by atoms with van der Waals surface area (Å²) < 4.78 is 6.46. The Labute approximate surface area is 196 Å². The quantitative estimate of drug-likeness (QED) is 0.461. The number of ether oxygens (including phenoxy) is 1. The van der Waals surface area contributed by atoms with E-state index in [0.29, 0.717) is 16.8 Å². The molecule has 0 saturated carbocycles. The van der Waals surface area contributed by atoms with E-state index in [1.54, 1.807) is 24.1 Å². The van der Waals surface area contributed by atoms with Crippen LogP contribution in [0.2, 0.25) is 0 Å². The highest BCUT2D eigenvalue weighted by Gasteiger charge is 2.20. The van der Waals surface area contributed by atoms with Gasteiger partial charge in [0, 0.05) is 42.9 Å². The van der Waals surface area contributed by atoms with Gasteiger partial charge in [0.15, 0.2) is 5.13 Å². The van der Waals surface area contributed by atoms with E-state index in [1.165, 1.54) is 18.4 Å². The predicted octanol–water partition coefficient (Wildman–Crippen LogP) is 3.58. The first-order valence-electron chi connectivity index (χ1n) is 10.4. The van der Waals surface area contributed by atoms with Crippen LogP contribution in [-0.2, 0) is 34.8 Å². The molecule has 0 aliphatic carbocycles. The van der Waals surface area contributed by atoms with Gasteiger partial charge in [0.25, 0.3) is 5.91 Å². The molecule has 3 amide bonds. The molecule has 3 rings (SSSR count). The SMILES string of the molecule is COCC(=O)Nc1cc(CCc2cnc(NC(=O)Nc3cc(C(C)(C)C)nn3C)s2)ccn1. The van der Waals surface area contributed by atoms with Crippen LogP contribution in [0.4, 0.5) is 21.6 Å². The standard InChI is InChI=1S/C22H29N7O3S/c1-22(2,3)16-11-18(29(4)28-16)26-20(31)27-21-24-12-15(33-21)7-6-14-8-9-23-17(10-14)25-19(30)13-32-5/h8-12H,6-7,13H2,1-5H3,(H,23,25,30)(H2,24,26,27,31). The summed E-state index contributed by atoms with van der Waals surface area (Å²) in [5.41, 5.74) is 1.82. The molecule has 0 spiro atoms. The third-order valence-electron chi connectivity index (χ3n) is 4.69. The van der Waals surface area contributed by atoms with Gasteiger partial charge >= 0.3 is 6.03 Å². The fourth-order valence-corrected chi connectivity index (χ4v) is 3.76. The third kappa shape index (κ3) is 7.09. The summed E-state index contributed by atoms with van der Waals surface area (Å²) in [6.45, 7) is 6.19. The summed E-state index contributed by atoms with van der Waals surface area (Å²) in [7, 11) is 3.26. The highest BCUT2D eigenvalue weighted by Crippen LogP contribution is 2.24. The third-order valence-corrected chi connectivity index (χ3v) is 5.66. The Hall–Kier alpha value is -3.31. The maximum absolute atomic E-state index is 12.4. The van der Waals surface area contributed by atoms with Gasteiger partial charge in [0.2, 0.25) is 0 Å². The van der Waals surface area contributed by atoms with Crippen molar-refractivity contribution < 1.29 is 14.3 Å². The Kier molecular flexibility index (Phi) is 7.77. The summed E-state index contributed by atoms with van der Waals surface area (Å²) in [4.78, 5) is 33.5. The van der Waals surface area contributed by atoms with Gasteiger partial charge in [-0.15, -0.1) is 11.3 Å². The normalized spacial score (nSPS) is 11.3. The number of nitrogens with zero attached hydrogens (tertiary/aromatic N) is 4. The number of carbonyl (C=O) groups is 2. The van der Waals surface area contributed by atoms with E-state index in [1.807, 2.05) is 18.2 Å². The number of carbonyl (C=O) groups excluding carboxylic acids is 2. The summed E-state index contributed by atoms with van der Waals surface area (Å²) in [6.07, 6.45) is 4.90. The summed E-state index contributed by atoms with van der Waals surface area (Å²) in [5.74, 6) is 0.849. The highest BCUT2D eigenvalue weighted by molar-refractivity contribution is 7.15. The van der Waals surface area contributed by atoms with Gasteiger partial charge in [-0.1, -0.05) is 20.8 Å². The van der Waals surface area contributed by atoms with Crippen LogP contribution in [0.3, 0.4) is 0 Å². The zero-order chi connectivity index (χ0) is 24.0. The van der Waals surface area contributed by atoms with Gasteiger partial charge in [-0.2, -0.15) is 5.10 Å². The zero-order valence-electron chi connectivity index (χ0n) is 19.4. The largest absolute Gasteiger partial charge is 0.375 e. The number of urea groups is 1. The van der Waals surface area contributed by atoms with E-state index < -0.39 is 0 Å². The molecular formula is C22H29N7O3S. The minimum atomic E-state index is -0.370. The average Bonchev–Trinajstić information content (AvgIpc) is 3.33. The van der Waals surface area contributed by atoms with Crippen molar-refractivity contribution in [3.05, 3.63) is 46.7 Å². The molecule has 0 aromatic carbocycles. The van der Waals surface area contributed by atoms with Crippen molar-refractivity contribution in [2.45, 2.75) is 39.0 Å². The summed E-state index contributed by atoms with van der Waals surface area (Å²) in [5, 5.41) is 13.3. The number of pyridine rings is 1. The second-order valence-electron chi connectivity index (χ2n) is 8.53. The molecule has 0 aliphatic heterocycles. The minimum absolute atomic E-state index is 0.0194. The molecule has 3 aromatic heterocycles. The van der Waals surface area contributed by atoms with E-state index in [0.717, 1.165) is 29.0 Å². The number of anilines is 3. The molecule has 0 bridgehead atoms. The van der Waals surface area contributed by atoms with E-state index in [2.05, 4.69) is 51.8 Å². The monoisotopic (exact) mass is 471 g/mol. The Morgan fingerprint density at radius 3 is 2.61 bits per heavy atom. The minimum Gasteiger partial charge on any atom is -0.375 e. The highest BCUT2D eigenvalue weighted by atomic mass is 32.1. The van der Waals surface area contributed by atoms with Crippen molar-refractivity contribution in [3.8, 4) is 0 Å². The Balaban J connectivity index is 1.53. The van der Waals surface area contributed by atoms with Crippen LogP contribution in [0.15, 0.2) is 30.6 Å². The number of aromatic nitrogens is 4. The van der Waals surface area contributed by atoms with E-state index in [-0.39, 0.29) is 24.0 Å². The van der Waals surface area contributed by atoms with E-state index in [9.17, 15) is 9.59 Å². The molecule has 0 saturated heterocycles. The lowest BCUT2D eigenvalue weighted by molar-refractivity contribution is -0.119. The van der Waals surface area contributed by atoms with Crippen molar-refractivity contribution in [2.24, 2.45) is 7.05 Å². The molecule has 0 aliphatic rings. The molecule has 11 heteroatoms. The summed E-state index contributed by atoms with van der Waals surface area (Å²) >= 11 is 1.42. The molecule has 0 fully saturated rings. The first-order chi connectivity index (χ1) is 15.6. The van der Waals surface area contributed by atoms with Gasteiger partial charge in [-0.25, -0.2) is 14.8 Å². The topological polar surface area (TPSA) is 123 Å². The second kappa shape index (κ2) is 10.5. The van der Waals surface area contributed by atoms with Crippen molar-refractivity contribution >= 4 is 40.0 Å². The van der Waals surface area contributed by atoms with Crippen molar-refractivity contribution in [1.82, 2.24) is 19.7 Å². The molecule has 33 heavy (non-hydrogen) atoms. The number of aryl methyl sites for hydroxylation is 3. The number of methoxy groups -OCH3 is 1. The lowest BCUT2D eigenvalue weighted by atomic mass is 9.92. The zero-order valence-corrected chi connectivity index (χ0v) is 20.2. The van der Waals surface area contributed by atoms with Crippen molar-refractivity contribution in [3.63, 3.8) is 0 Å². The number of amides is 3. The van der Waals surface area contributed by atoms with Gasteiger partial charge in [0.05, 0.1) is 5.69 Å². The number of rotatable bonds is 8. The lowest BCUT2D eigenvalue weighted by Gasteiger charge is -2.13. The number of hydrogen-bond acceptors (Lipinski definition) is 7. The van der Waals surface area contributed by atoms with Crippen LogP contribution in [0, 0.1) is 0 Å².